The summed E-state index contributed by atoms with van der Waals surface area (Å²) in [6.45, 7) is 1.67. The number of urea groups is 1. The van der Waals surface area contributed by atoms with Gasteiger partial charge in [-0.3, -0.25) is 0 Å². The van der Waals surface area contributed by atoms with Crippen LogP contribution >= 0.6 is 0 Å². The average molecular weight is 254 g/mol. The third-order valence-corrected chi connectivity index (χ3v) is 2.54. The van der Waals surface area contributed by atoms with Crippen molar-refractivity contribution in [2.75, 3.05) is 12.4 Å². The number of hydrogen-bond donors (Lipinski definition) is 2. The predicted octanol–water partition coefficient (Wildman–Crippen LogP) is 2.15. The van der Waals surface area contributed by atoms with Crippen molar-refractivity contribution < 1.29 is 19.1 Å². The number of rotatable bonds is 4. The zero-order valence-electron chi connectivity index (χ0n) is 10.2. The van der Waals surface area contributed by atoms with Gasteiger partial charge in [0.1, 0.15) is 11.9 Å². The number of amides is 2. The fourth-order valence-corrected chi connectivity index (χ4v) is 1.53. The van der Waals surface area contributed by atoms with Gasteiger partial charge >= 0.3 is 12.0 Å². The Hall–Kier alpha value is -2.11. The molecule has 0 aliphatic rings. The van der Waals surface area contributed by atoms with Gasteiger partial charge in [0.2, 0.25) is 0 Å². The lowest BCUT2D eigenvalue weighted by atomic mass is 10.2. The van der Waals surface area contributed by atoms with Gasteiger partial charge in [0, 0.05) is 12.7 Å². The Balaban J connectivity index is 2.73. The summed E-state index contributed by atoms with van der Waals surface area (Å²) in [5.74, 6) is -1.55. The highest BCUT2D eigenvalue weighted by Gasteiger charge is 2.24. The number of likely N-dealkylation sites (N-methyl/N-ethyl adjacent to an activating group) is 1. The number of aliphatic carboxylic acids is 1. The Morgan fingerprint density at radius 1 is 1.50 bits per heavy atom. The third kappa shape index (κ3) is 3.44. The van der Waals surface area contributed by atoms with Crippen molar-refractivity contribution in [3.63, 3.8) is 0 Å². The molecule has 2 N–H and O–H groups in total. The second kappa shape index (κ2) is 6.00. The van der Waals surface area contributed by atoms with Crippen molar-refractivity contribution in [1.29, 1.82) is 0 Å². The van der Waals surface area contributed by atoms with E-state index in [2.05, 4.69) is 5.32 Å². The number of anilines is 1. The SMILES string of the molecule is CCC(C(=O)O)N(C)C(=O)Nc1cccc(F)c1. The zero-order valence-corrected chi connectivity index (χ0v) is 10.2. The van der Waals surface area contributed by atoms with Crippen molar-refractivity contribution in [2.45, 2.75) is 19.4 Å². The van der Waals surface area contributed by atoms with Crippen LogP contribution in [0.2, 0.25) is 0 Å². The van der Waals surface area contributed by atoms with Crippen molar-refractivity contribution in [1.82, 2.24) is 4.90 Å². The first-order valence-corrected chi connectivity index (χ1v) is 5.48. The summed E-state index contributed by atoms with van der Waals surface area (Å²) >= 11 is 0. The summed E-state index contributed by atoms with van der Waals surface area (Å²) in [5, 5.41) is 11.4. The van der Waals surface area contributed by atoms with Crippen LogP contribution in [0.1, 0.15) is 13.3 Å². The molecule has 5 nitrogen and oxygen atoms in total. The molecule has 0 aliphatic carbocycles. The minimum Gasteiger partial charge on any atom is -0.480 e. The molecule has 1 aromatic rings. The van der Waals surface area contributed by atoms with Crippen LogP contribution in [0.25, 0.3) is 0 Å². The summed E-state index contributed by atoms with van der Waals surface area (Å²) in [6.07, 6.45) is 0.294. The first kappa shape index (κ1) is 14.0. The number of carboxylic acids is 1. The Kier molecular flexibility index (Phi) is 4.65. The van der Waals surface area contributed by atoms with Crippen LogP contribution in [0.15, 0.2) is 24.3 Å². The Bertz CT molecular complexity index is 451. The first-order chi connectivity index (χ1) is 8.45. The van der Waals surface area contributed by atoms with Crippen molar-refractivity contribution >= 4 is 17.7 Å². The summed E-state index contributed by atoms with van der Waals surface area (Å²) in [7, 11) is 1.39. The lowest BCUT2D eigenvalue weighted by molar-refractivity contribution is -0.141. The van der Waals surface area contributed by atoms with E-state index in [1.807, 2.05) is 0 Å². The first-order valence-electron chi connectivity index (χ1n) is 5.48. The molecule has 0 fully saturated rings. The lowest BCUT2D eigenvalue weighted by Crippen LogP contribution is -2.44. The lowest BCUT2D eigenvalue weighted by Gasteiger charge is -2.23. The predicted molar refractivity (Wildman–Crippen MR) is 64.9 cm³/mol. The van der Waals surface area contributed by atoms with E-state index in [1.165, 1.54) is 25.2 Å². The summed E-state index contributed by atoms with van der Waals surface area (Å²) in [4.78, 5) is 23.7. The molecule has 18 heavy (non-hydrogen) atoms. The summed E-state index contributed by atoms with van der Waals surface area (Å²) in [6, 6.07) is 3.91. The Morgan fingerprint density at radius 2 is 2.17 bits per heavy atom. The number of halogens is 1. The molecule has 0 saturated carbocycles. The molecule has 1 atom stereocenters. The maximum Gasteiger partial charge on any atom is 0.326 e. The van der Waals surface area contributed by atoms with E-state index < -0.39 is 23.9 Å². The van der Waals surface area contributed by atoms with Gasteiger partial charge in [-0.05, 0) is 24.6 Å². The van der Waals surface area contributed by atoms with E-state index in [4.69, 9.17) is 5.11 Å². The van der Waals surface area contributed by atoms with Gasteiger partial charge in [-0.25, -0.2) is 14.0 Å². The fraction of sp³-hybridized carbons (Fsp3) is 0.333. The van der Waals surface area contributed by atoms with Gasteiger partial charge in [0.25, 0.3) is 0 Å². The third-order valence-electron chi connectivity index (χ3n) is 2.54. The summed E-state index contributed by atoms with van der Waals surface area (Å²) in [5.41, 5.74) is 0.284. The molecule has 0 radical (unpaired) electrons. The monoisotopic (exact) mass is 254 g/mol. The average Bonchev–Trinajstić information content (AvgIpc) is 2.29. The maximum absolute atomic E-state index is 12.9. The molecule has 1 aromatic carbocycles. The van der Waals surface area contributed by atoms with Crippen LogP contribution in [0.5, 0.6) is 0 Å². The van der Waals surface area contributed by atoms with Crippen LogP contribution in [-0.2, 0) is 4.79 Å². The highest BCUT2D eigenvalue weighted by molar-refractivity contribution is 5.92. The van der Waals surface area contributed by atoms with E-state index in [-0.39, 0.29) is 5.69 Å². The molecule has 0 heterocycles. The van der Waals surface area contributed by atoms with Gasteiger partial charge in [0.15, 0.2) is 0 Å². The molecule has 1 rings (SSSR count). The summed E-state index contributed by atoms with van der Waals surface area (Å²) < 4.78 is 12.9. The molecule has 0 saturated heterocycles. The number of hydrogen-bond acceptors (Lipinski definition) is 2. The molecule has 1 unspecified atom stereocenters. The van der Waals surface area contributed by atoms with E-state index in [9.17, 15) is 14.0 Å². The molecular weight excluding hydrogens is 239 g/mol. The normalized spacial score (nSPS) is 11.7. The van der Waals surface area contributed by atoms with Gasteiger partial charge in [-0.1, -0.05) is 13.0 Å². The second-order valence-electron chi connectivity index (χ2n) is 3.81. The number of carboxylic acid groups (broad SMARTS) is 1. The highest BCUT2D eigenvalue weighted by Crippen LogP contribution is 2.11. The molecule has 6 heteroatoms. The maximum atomic E-state index is 12.9. The number of carbonyl (C=O) groups is 2. The smallest absolute Gasteiger partial charge is 0.326 e. The molecular formula is C12H15FN2O3. The standard InChI is InChI=1S/C12H15FN2O3/c1-3-10(11(16)17)15(2)12(18)14-9-6-4-5-8(13)7-9/h4-7,10H,3H2,1-2H3,(H,14,18)(H,16,17). The van der Waals surface area contributed by atoms with Crippen LogP contribution < -0.4 is 5.32 Å². The van der Waals surface area contributed by atoms with Crippen molar-refractivity contribution in [2.24, 2.45) is 0 Å². The van der Waals surface area contributed by atoms with Gasteiger partial charge in [0.05, 0.1) is 0 Å². The number of nitrogens with one attached hydrogen (secondary N) is 1. The van der Waals surface area contributed by atoms with Crippen LogP contribution in [-0.4, -0.2) is 35.1 Å². The van der Waals surface area contributed by atoms with Crippen LogP contribution in [0, 0.1) is 5.82 Å². The van der Waals surface area contributed by atoms with E-state index in [0.29, 0.717) is 6.42 Å². The molecule has 0 spiro atoms. The number of benzene rings is 1. The minimum absolute atomic E-state index is 0.284. The van der Waals surface area contributed by atoms with Crippen LogP contribution in [0.3, 0.4) is 0 Å². The van der Waals surface area contributed by atoms with E-state index >= 15 is 0 Å². The van der Waals surface area contributed by atoms with Crippen LogP contribution in [0.4, 0.5) is 14.9 Å². The quantitative estimate of drug-likeness (QED) is 0.865. The van der Waals surface area contributed by atoms with Gasteiger partial charge < -0.3 is 15.3 Å². The minimum atomic E-state index is -1.07. The second-order valence-corrected chi connectivity index (χ2v) is 3.81. The van der Waals surface area contributed by atoms with Crippen molar-refractivity contribution in [3.05, 3.63) is 30.1 Å². The zero-order chi connectivity index (χ0) is 13.7. The van der Waals surface area contributed by atoms with Crippen molar-refractivity contribution in [3.8, 4) is 0 Å². The number of carbonyl (C=O) groups excluding carboxylic acids is 1. The molecule has 0 aromatic heterocycles. The Morgan fingerprint density at radius 3 is 2.67 bits per heavy atom. The van der Waals surface area contributed by atoms with E-state index in [1.54, 1.807) is 6.92 Å². The van der Waals surface area contributed by atoms with Gasteiger partial charge in [-0.2, -0.15) is 0 Å². The fourth-order valence-electron chi connectivity index (χ4n) is 1.53. The molecule has 98 valence electrons. The Labute approximate surface area is 104 Å². The van der Waals surface area contributed by atoms with Gasteiger partial charge in [-0.15, -0.1) is 0 Å². The number of nitrogens with zero attached hydrogens (tertiary/aromatic N) is 1. The molecule has 0 bridgehead atoms. The molecule has 0 aliphatic heterocycles. The van der Waals surface area contributed by atoms with E-state index in [0.717, 1.165) is 11.0 Å². The largest absolute Gasteiger partial charge is 0.480 e. The highest BCUT2D eigenvalue weighted by atomic mass is 19.1. The topological polar surface area (TPSA) is 69.6 Å². The molecule has 2 amide bonds.